The summed E-state index contributed by atoms with van der Waals surface area (Å²) in [5.41, 5.74) is 6.12. The van der Waals surface area contributed by atoms with E-state index in [-0.39, 0.29) is 35.1 Å². The molecule has 0 aliphatic carbocycles. The average Bonchev–Trinajstić information content (AvgIpc) is 3.08. The van der Waals surface area contributed by atoms with Crippen molar-refractivity contribution in [3.05, 3.63) is 88.0 Å². The van der Waals surface area contributed by atoms with Crippen molar-refractivity contribution < 1.29 is 39.0 Å². The van der Waals surface area contributed by atoms with Crippen molar-refractivity contribution in [2.24, 2.45) is 0 Å². The van der Waals surface area contributed by atoms with Gasteiger partial charge in [-0.3, -0.25) is 9.80 Å². The van der Waals surface area contributed by atoms with Crippen LogP contribution < -0.4 is 23.7 Å². The fourth-order valence-corrected chi connectivity index (χ4v) is 7.05. The first-order valence-electron chi connectivity index (χ1n) is 16.1. The van der Waals surface area contributed by atoms with Gasteiger partial charge in [0.05, 0.1) is 28.4 Å². The number of likely N-dealkylation sites (N-methyl/N-ethyl adjacent to an activating group) is 2. The molecule has 0 spiro atoms. The van der Waals surface area contributed by atoms with Gasteiger partial charge in [0, 0.05) is 30.7 Å². The zero-order chi connectivity index (χ0) is 34.1. The third kappa shape index (κ3) is 6.25. The van der Waals surface area contributed by atoms with Gasteiger partial charge in [-0.2, -0.15) is 0 Å². The predicted molar refractivity (Wildman–Crippen MR) is 183 cm³/mol. The maximum atomic E-state index is 11.5. The zero-order valence-electron chi connectivity index (χ0n) is 28.4. The topological polar surface area (TPSA) is 113 Å². The van der Waals surface area contributed by atoms with Crippen molar-refractivity contribution in [1.29, 1.82) is 0 Å². The van der Waals surface area contributed by atoms with Crippen LogP contribution in [0.4, 0.5) is 0 Å². The highest BCUT2D eigenvalue weighted by Crippen LogP contribution is 2.48. The minimum absolute atomic E-state index is 0.00485. The summed E-state index contributed by atoms with van der Waals surface area (Å²) in [6, 6.07) is 16.8. The SMILES string of the molecule is COc1ccc(CC2c3cc(Oc4c(CC5c6cc(O)c(OC)cc6CCN5C)ccc(OC)c4O)c(OC)cc3CCN2C)cc1O. The minimum Gasteiger partial charge on any atom is -0.504 e. The van der Waals surface area contributed by atoms with Crippen LogP contribution in [0.15, 0.2) is 54.6 Å². The number of benzene rings is 4. The number of rotatable bonds is 10. The van der Waals surface area contributed by atoms with Crippen LogP contribution in [0, 0.1) is 0 Å². The van der Waals surface area contributed by atoms with Gasteiger partial charge in [-0.15, -0.1) is 0 Å². The Kier molecular flexibility index (Phi) is 9.48. The molecule has 0 bridgehead atoms. The highest BCUT2D eigenvalue weighted by atomic mass is 16.5. The Hall–Kier alpha value is -4.80. The van der Waals surface area contributed by atoms with Crippen molar-refractivity contribution in [1.82, 2.24) is 9.80 Å². The number of aromatic hydroxyl groups is 3. The summed E-state index contributed by atoms with van der Waals surface area (Å²) >= 11 is 0. The lowest BCUT2D eigenvalue weighted by Gasteiger charge is -2.36. The van der Waals surface area contributed by atoms with E-state index < -0.39 is 0 Å². The molecule has 2 unspecified atom stereocenters. The van der Waals surface area contributed by atoms with Crippen LogP contribution in [0.2, 0.25) is 0 Å². The van der Waals surface area contributed by atoms with Crippen LogP contribution in [-0.4, -0.2) is 80.7 Å². The lowest BCUT2D eigenvalue weighted by Crippen LogP contribution is -2.33. The molecule has 2 heterocycles. The first-order valence-corrected chi connectivity index (χ1v) is 16.1. The molecule has 4 aromatic carbocycles. The first kappa shape index (κ1) is 33.1. The van der Waals surface area contributed by atoms with Gasteiger partial charge in [-0.1, -0.05) is 12.1 Å². The molecule has 254 valence electrons. The van der Waals surface area contributed by atoms with Gasteiger partial charge in [-0.25, -0.2) is 0 Å². The van der Waals surface area contributed by atoms with Gasteiger partial charge < -0.3 is 39.0 Å². The Morgan fingerprint density at radius 2 is 1.17 bits per heavy atom. The molecular weight excluding hydrogens is 612 g/mol. The number of hydrogen-bond acceptors (Lipinski definition) is 10. The molecule has 0 amide bonds. The van der Waals surface area contributed by atoms with E-state index in [1.807, 2.05) is 30.3 Å². The van der Waals surface area contributed by atoms with Crippen LogP contribution in [-0.2, 0) is 25.7 Å². The van der Waals surface area contributed by atoms with Crippen LogP contribution in [0.5, 0.6) is 51.7 Å². The molecule has 0 radical (unpaired) electrons. The van der Waals surface area contributed by atoms with Crippen molar-refractivity contribution in [2.45, 2.75) is 37.8 Å². The van der Waals surface area contributed by atoms with Crippen LogP contribution in [0.25, 0.3) is 0 Å². The number of nitrogens with zero attached hydrogens (tertiary/aromatic N) is 2. The lowest BCUT2D eigenvalue weighted by molar-refractivity contribution is 0.225. The molecular formula is C38H44N2O8. The van der Waals surface area contributed by atoms with Crippen molar-refractivity contribution in [3.8, 4) is 51.7 Å². The first-order chi connectivity index (χ1) is 23.1. The average molecular weight is 657 g/mol. The van der Waals surface area contributed by atoms with Crippen molar-refractivity contribution >= 4 is 0 Å². The van der Waals surface area contributed by atoms with Crippen LogP contribution in [0.3, 0.4) is 0 Å². The number of phenols is 3. The Morgan fingerprint density at radius 3 is 1.79 bits per heavy atom. The van der Waals surface area contributed by atoms with Gasteiger partial charge in [0.1, 0.15) is 0 Å². The highest BCUT2D eigenvalue weighted by molar-refractivity contribution is 5.59. The second kappa shape index (κ2) is 13.7. The summed E-state index contributed by atoms with van der Waals surface area (Å²) in [5, 5.41) is 32.6. The molecule has 4 aromatic rings. The van der Waals surface area contributed by atoms with E-state index in [0.717, 1.165) is 59.3 Å². The molecule has 6 rings (SSSR count). The minimum atomic E-state index is -0.103. The molecule has 2 atom stereocenters. The second-order valence-corrected chi connectivity index (χ2v) is 12.5. The van der Waals surface area contributed by atoms with E-state index in [9.17, 15) is 15.3 Å². The highest BCUT2D eigenvalue weighted by Gasteiger charge is 2.31. The molecule has 10 heteroatoms. The summed E-state index contributed by atoms with van der Waals surface area (Å²) in [6.45, 7) is 1.69. The molecule has 0 aromatic heterocycles. The molecule has 3 N–H and O–H groups in total. The van der Waals surface area contributed by atoms with E-state index in [2.05, 4.69) is 23.9 Å². The largest absolute Gasteiger partial charge is 0.504 e. The maximum Gasteiger partial charge on any atom is 0.201 e. The Bertz CT molecular complexity index is 1810. The summed E-state index contributed by atoms with van der Waals surface area (Å²) in [7, 11) is 10.4. The summed E-state index contributed by atoms with van der Waals surface area (Å²) in [5.74, 6) is 2.59. The van der Waals surface area contributed by atoms with Gasteiger partial charge in [0.15, 0.2) is 46.0 Å². The quantitative estimate of drug-likeness (QED) is 0.183. The maximum absolute atomic E-state index is 11.5. The zero-order valence-corrected chi connectivity index (χ0v) is 28.4. The van der Waals surface area contributed by atoms with E-state index in [4.69, 9.17) is 23.7 Å². The third-order valence-corrected chi connectivity index (χ3v) is 9.81. The molecule has 48 heavy (non-hydrogen) atoms. The molecule has 0 saturated carbocycles. The molecule has 0 saturated heterocycles. The molecule has 2 aliphatic heterocycles. The van der Waals surface area contributed by atoms with Crippen LogP contribution in [0.1, 0.15) is 45.5 Å². The van der Waals surface area contributed by atoms with Gasteiger partial charge in [0.2, 0.25) is 5.75 Å². The number of hydrogen-bond donors (Lipinski definition) is 3. The molecule has 2 aliphatic rings. The van der Waals surface area contributed by atoms with E-state index in [0.29, 0.717) is 41.6 Å². The number of ether oxygens (including phenoxy) is 5. The Morgan fingerprint density at radius 1 is 0.604 bits per heavy atom. The monoisotopic (exact) mass is 656 g/mol. The summed E-state index contributed by atoms with van der Waals surface area (Å²) < 4.78 is 28.6. The standard InChI is InChI=1S/C38H44N2O8/c1-39-13-12-24-19-35(47-6)36(21-27(24)28(39)15-22-7-9-32(44-3)30(41)16-22)48-38-25(8-10-33(45-4)37(38)43)17-29-26-20-31(42)34(46-5)18-23(26)11-14-40(29)2/h7-10,16,18-21,28-29,41-43H,11-15,17H2,1-6H3. The predicted octanol–water partition coefficient (Wildman–Crippen LogP) is 6.17. The third-order valence-electron chi connectivity index (χ3n) is 9.81. The van der Waals surface area contributed by atoms with Crippen molar-refractivity contribution in [2.75, 3.05) is 55.6 Å². The Balaban J connectivity index is 1.39. The lowest BCUT2D eigenvalue weighted by atomic mass is 9.88. The normalized spacial score (nSPS) is 17.7. The summed E-state index contributed by atoms with van der Waals surface area (Å²) in [6.07, 6.45) is 2.83. The van der Waals surface area contributed by atoms with Crippen molar-refractivity contribution in [3.63, 3.8) is 0 Å². The van der Waals surface area contributed by atoms with E-state index >= 15 is 0 Å². The van der Waals surface area contributed by atoms with Gasteiger partial charge in [-0.05, 0) is 110 Å². The molecule has 10 nitrogen and oxygen atoms in total. The Labute approximate surface area is 281 Å². The fraction of sp³-hybridized carbons (Fsp3) is 0.368. The second-order valence-electron chi connectivity index (χ2n) is 12.5. The van der Waals surface area contributed by atoms with E-state index in [1.165, 1.54) is 14.2 Å². The number of phenolic OH excluding ortho intramolecular Hbond substituents is 3. The fourth-order valence-electron chi connectivity index (χ4n) is 7.05. The number of fused-ring (bicyclic) bond motifs is 2. The van der Waals surface area contributed by atoms with Gasteiger partial charge >= 0.3 is 0 Å². The number of methoxy groups -OCH3 is 4. The van der Waals surface area contributed by atoms with Crippen LogP contribution >= 0.6 is 0 Å². The van der Waals surface area contributed by atoms with E-state index in [1.54, 1.807) is 38.5 Å². The molecule has 0 fully saturated rings. The smallest absolute Gasteiger partial charge is 0.201 e. The summed E-state index contributed by atoms with van der Waals surface area (Å²) in [4.78, 5) is 4.55. The van der Waals surface area contributed by atoms with Gasteiger partial charge in [0.25, 0.3) is 0 Å².